The molecule has 20 heavy (non-hydrogen) atoms. The van der Waals surface area contributed by atoms with Crippen LogP contribution in [0.15, 0.2) is 18.3 Å². The quantitative estimate of drug-likeness (QED) is 0.866. The number of rotatable bonds is 5. The molecule has 1 saturated carbocycles. The van der Waals surface area contributed by atoms with Crippen molar-refractivity contribution in [2.24, 2.45) is 11.8 Å². The molecule has 0 spiro atoms. The van der Waals surface area contributed by atoms with Gasteiger partial charge in [-0.1, -0.05) is 19.8 Å². The van der Waals surface area contributed by atoms with Crippen molar-refractivity contribution in [2.75, 3.05) is 6.54 Å². The van der Waals surface area contributed by atoms with E-state index in [1.54, 1.807) is 18.3 Å². The number of aliphatic carboxylic acids is 1. The van der Waals surface area contributed by atoms with E-state index in [1.807, 2.05) is 0 Å². The Morgan fingerprint density at radius 1 is 1.45 bits per heavy atom. The summed E-state index contributed by atoms with van der Waals surface area (Å²) in [6.07, 6.45) is 6.46. The van der Waals surface area contributed by atoms with Crippen LogP contribution in [0.25, 0.3) is 0 Å². The van der Waals surface area contributed by atoms with Crippen LogP contribution in [-0.2, 0) is 11.3 Å². The lowest BCUT2D eigenvalue weighted by molar-refractivity contribution is -0.137. The Kier molecular flexibility index (Phi) is 4.82. The highest BCUT2D eigenvalue weighted by Gasteiger charge is 2.20. The number of hydrogen-bond donors (Lipinski definition) is 2. The first kappa shape index (κ1) is 14.6. The number of nitrogens with zero attached hydrogens (tertiary/aromatic N) is 1. The number of amides is 1. The number of aromatic nitrogens is 1. The smallest absolute Gasteiger partial charge is 0.323 e. The third kappa shape index (κ3) is 3.85. The monoisotopic (exact) mass is 278 g/mol. The van der Waals surface area contributed by atoms with Crippen LogP contribution < -0.4 is 5.32 Å². The van der Waals surface area contributed by atoms with E-state index in [0.717, 1.165) is 12.3 Å². The summed E-state index contributed by atoms with van der Waals surface area (Å²) in [4.78, 5) is 22.8. The molecule has 1 heterocycles. The van der Waals surface area contributed by atoms with E-state index in [1.165, 1.54) is 23.8 Å². The van der Waals surface area contributed by atoms with Crippen LogP contribution in [0.5, 0.6) is 0 Å². The minimum absolute atomic E-state index is 0.184. The summed E-state index contributed by atoms with van der Waals surface area (Å²) in [6.45, 7) is 2.75. The summed E-state index contributed by atoms with van der Waals surface area (Å²) in [5.74, 6) is 0.151. The van der Waals surface area contributed by atoms with Gasteiger partial charge in [0.05, 0.1) is 0 Å². The Hall–Kier alpha value is -1.78. The lowest BCUT2D eigenvalue weighted by atomic mass is 9.82. The molecule has 2 N–H and O–H groups in total. The van der Waals surface area contributed by atoms with Crippen molar-refractivity contribution in [2.45, 2.75) is 39.2 Å². The van der Waals surface area contributed by atoms with Crippen molar-refractivity contribution in [1.82, 2.24) is 9.88 Å². The van der Waals surface area contributed by atoms with E-state index in [0.29, 0.717) is 18.2 Å². The molecule has 1 aliphatic rings. The van der Waals surface area contributed by atoms with Crippen LogP contribution >= 0.6 is 0 Å². The second kappa shape index (κ2) is 6.59. The zero-order chi connectivity index (χ0) is 14.5. The van der Waals surface area contributed by atoms with Crippen molar-refractivity contribution >= 4 is 11.9 Å². The second-order valence-electron chi connectivity index (χ2n) is 5.76. The molecule has 1 fully saturated rings. The Labute approximate surface area is 119 Å². The molecule has 2 unspecified atom stereocenters. The van der Waals surface area contributed by atoms with Crippen molar-refractivity contribution < 1.29 is 14.7 Å². The molecule has 0 saturated heterocycles. The summed E-state index contributed by atoms with van der Waals surface area (Å²) in [5.41, 5.74) is 0.413. The SMILES string of the molecule is CC1CCCC(CNC(=O)c2cccn2CC(=O)O)C1. The molecule has 2 atom stereocenters. The van der Waals surface area contributed by atoms with Crippen LogP contribution in [0.3, 0.4) is 0 Å². The fourth-order valence-electron chi connectivity index (χ4n) is 2.98. The van der Waals surface area contributed by atoms with E-state index in [-0.39, 0.29) is 12.5 Å². The molecule has 1 amide bonds. The van der Waals surface area contributed by atoms with Gasteiger partial charge in [0.2, 0.25) is 0 Å². The molecule has 5 heteroatoms. The van der Waals surface area contributed by atoms with Crippen molar-refractivity contribution in [1.29, 1.82) is 0 Å². The maximum absolute atomic E-state index is 12.1. The van der Waals surface area contributed by atoms with E-state index in [2.05, 4.69) is 12.2 Å². The van der Waals surface area contributed by atoms with Crippen molar-refractivity contribution in [3.63, 3.8) is 0 Å². The summed E-state index contributed by atoms with van der Waals surface area (Å²) in [6, 6.07) is 3.35. The molecule has 110 valence electrons. The number of carboxylic acid groups (broad SMARTS) is 1. The van der Waals surface area contributed by atoms with Gasteiger partial charge < -0.3 is 15.0 Å². The van der Waals surface area contributed by atoms with Crippen LogP contribution in [0.1, 0.15) is 43.1 Å². The van der Waals surface area contributed by atoms with Crippen LogP contribution in [0.2, 0.25) is 0 Å². The summed E-state index contributed by atoms with van der Waals surface area (Å²) >= 11 is 0. The van der Waals surface area contributed by atoms with Gasteiger partial charge in [0.25, 0.3) is 5.91 Å². The molecule has 0 bridgehead atoms. The number of nitrogens with one attached hydrogen (secondary N) is 1. The standard InChI is InChI=1S/C15H22N2O3/c1-11-4-2-5-12(8-11)9-16-15(20)13-6-3-7-17(13)10-14(18)19/h3,6-7,11-12H,2,4-5,8-10H2,1H3,(H,16,20)(H,18,19). The Morgan fingerprint density at radius 2 is 2.25 bits per heavy atom. The highest BCUT2D eigenvalue weighted by molar-refractivity contribution is 5.93. The average molecular weight is 278 g/mol. The van der Waals surface area contributed by atoms with E-state index < -0.39 is 5.97 Å². The maximum Gasteiger partial charge on any atom is 0.323 e. The van der Waals surface area contributed by atoms with Crippen LogP contribution in [0.4, 0.5) is 0 Å². The number of carbonyl (C=O) groups excluding carboxylic acids is 1. The molecule has 0 aliphatic heterocycles. The molecule has 2 rings (SSSR count). The minimum atomic E-state index is -0.948. The van der Waals surface area contributed by atoms with Gasteiger partial charge >= 0.3 is 5.97 Å². The molecule has 1 aliphatic carbocycles. The van der Waals surface area contributed by atoms with Gasteiger partial charge in [0, 0.05) is 12.7 Å². The van der Waals surface area contributed by atoms with Crippen LogP contribution in [-0.4, -0.2) is 28.1 Å². The summed E-state index contributed by atoms with van der Waals surface area (Å²) in [7, 11) is 0. The second-order valence-corrected chi connectivity index (χ2v) is 5.76. The van der Waals surface area contributed by atoms with Gasteiger partial charge in [0.1, 0.15) is 12.2 Å². The van der Waals surface area contributed by atoms with Gasteiger partial charge in [-0.3, -0.25) is 9.59 Å². The summed E-state index contributed by atoms with van der Waals surface area (Å²) in [5, 5.41) is 11.7. The van der Waals surface area contributed by atoms with Gasteiger partial charge in [0.15, 0.2) is 0 Å². The average Bonchev–Trinajstić information content (AvgIpc) is 2.83. The number of carbonyl (C=O) groups is 2. The van der Waals surface area contributed by atoms with Crippen LogP contribution in [0, 0.1) is 11.8 Å². The first-order chi connectivity index (χ1) is 9.56. The Morgan fingerprint density at radius 3 is 2.95 bits per heavy atom. The molecule has 0 aromatic carbocycles. The molecule has 0 radical (unpaired) electrons. The van der Waals surface area contributed by atoms with E-state index >= 15 is 0 Å². The Balaban J connectivity index is 1.88. The molecule has 5 nitrogen and oxygen atoms in total. The third-order valence-electron chi connectivity index (χ3n) is 3.96. The minimum Gasteiger partial charge on any atom is -0.480 e. The first-order valence-corrected chi connectivity index (χ1v) is 7.21. The Bertz CT molecular complexity index is 481. The van der Waals surface area contributed by atoms with E-state index in [9.17, 15) is 9.59 Å². The highest BCUT2D eigenvalue weighted by Crippen LogP contribution is 2.27. The zero-order valence-electron chi connectivity index (χ0n) is 11.8. The van der Waals surface area contributed by atoms with Crippen molar-refractivity contribution in [3.8, 4) is 0 Å². The zero-order valence-corrected chi connectivity index (χ0v) is 11.8. The molecule has 1 aromatic heterocycles. The lowest BCUT2D eigenvalue weighted by Crippen LogP contribution is -2.33. The van der Waals surface area contributed by atoms with Gasteiger partial charge in [-0.05, 0) is 36.8 Å². The normalized spacial score (nSPS) is 22.4. The third-order valence-corrected chi connectivity index (χ3v) is 3.96. The van der Waals surface area contributed by atoms with Crippen molar-refractivity contribution in [3.05, 3.63) is 24.0 Å². The molecular formula is C15H22N2O3. The highest BCUT2D eigenvalue weighted by atomic mass is 16.4. The topological polar surface area (TPSA) is 71.3 Å². The van der Waals surface area contributed by atoms with Gasteiger partial charge in [-0.25, -0.2) is 0 Å². The number of hydrogen-bond acceptors (Lipinski definition) is 2. The van der Waals surface area contributed by atoms with Gasteiger partial charge in [-0.15, -0.1) is 0 Å². The van der Waals surface area contributed by atoms with E-state index in [4.69, 9.17) is 5.11 Å². The largest absolute Gasteiger partial charge is 0.480 e. The lowest BCUT2D eigenvalue weighted by Gasteiger charge is -2.26. The van der Waals surface area contributed by atoms with Gasteiger partial charge in [-0.2, -0.15) is 0 Å². The predicted molar refractivity (Wildman–Crippen MR) is 75.5 cm³/mol. The fourth-order valence-corrected chi connectivity index (χ4v) is 2.98. The predicted octanol–water partition coefficient (Wildman–Crippen LogP) is 2.13. The summed E-state index contributed by atoms with van der Waals surface area (Å²) < 4.78 is 1.46. The fraction of sp³-hybridized carbons (Fsp3) is 0.600. The maximum atomic E-state index is 12.1. The molecule has 1 aromatic rings. The molecular weight excluding hydrogens is 256 g/mol. The number of carboxylic acids is 1. The first-order valence-electron chi connectivity index (χ1n) is 7.21.